The van der Waals surface area contributed by atoms with Crippen LogP contribution in [-0.4, -0.2) is 39.8 Å². The first-order valence-corrected chi connectivity index (χ1v) is 7.56. The van der Waals surface area contributed by atoms with E-state index in [0.29, 0.717) is 29.7 Å². The molecule has 0 aliphatic carbocycles. The van der Waals surface area contributed by atoms with Crippen molar-refractivity contribution in [3.63, 3.8) is 0 Å². The Kier molecular flexibility index (Phi) is 10.4. The van der Waals surface area contributed by atoms with Gasteiger partial charge in [0.25, 0.3) is 0 Å². The number of halogens is 3. The third-order valence-corrected chi connectivity index (χ3v) is 3.79. The van der Waals surface area contributed by atoms with E-state index in [9.17, 15) is 0 Å². The van der Waals surface area contributed by atoms with Gasteiger partial charge in [0.1, 0.15) is 0 Å². The van der Waals surface area contributed by atoms with E-state index >= 15 is 0 Å². The molecule has 0 aliphatic heterocycles. The molecule has 0 radical (unpaired) electrons. The second-order valence-electron chi connectivity index (χ2n) is 5.33. The molecule has 1 aromatic rings. The fraction of sp³-hybridized carbons (Fsp3) is 0.533. The number of aliphatic imine (C=N–C) groups is 1. The lowest BCUT2D eigenvalue weighted by Gasteiger charge is -2.28. The van der Waals surface area contributed by atoms with Crippen LogP contribution < -0.4 is 10.6 Å². The second-order valence-corrected chi connectivity index (χ2v) is 6.14. The molecule has 0 spiro atoms. The molecule has 0 amide bonds. The average Bonchev–Trinajstić information content (AvgIpc) is 2.42. The van der Waals surface area contributed by atoms with Crippen LogP contribution in [0.2, 0.25) is 10.0 Å². The van der Waals surface area contributed by atoms with Crippen LogP contribution in [0, 0.1) is 0 Å². The van der Waals surface area contributed by atoms with Crippen molar-refractivity contribution in [1.29, 1.82) is 0 Å². The average molecular weight is 460 g/mol. The number of ether oxygens (including phenoxy) is 1. The molecule has 126 valence electrons. The van der Waals surface area contributed by atoms with E-state index in [1.807, 2.05) is 18.2 Å². The number of guanidine groups is 1. The minimum absolute atomic E-state index is 0. The standard InChI is InChI=1S/C15H23Cl2N3O.HI/c1-15(2,13-11(16)6-5-7-12(13)17)10-20-14(18-3)19-8-9-21-4;/h5-7H,8-10H2,1-4H3,(H2,18,19,20);1H. The van der Waals surface area contributed by atoms with Crippen LogP contribution in [0.4, 0.5) is 0 Å². The topological polar surface area (TPSA) is 45.7 Å². The molecule has 0 aliphatic rings. The lowest BCUT2D eigenvalue weighted by atomic mass is 9.84. The maximum Gasteiger partial charge on any atom is 0.191 e. The summed E-state index contributed by atoms with van der Waals surface area (Å²) in [6, 6.07) is 5.56. The molecule has 22 heavy (non-hydrogen) atoms. The fourth-order valence-corrected chi connectivity index (χ4v) is 2.94. The Hall–Kier alpha value is -0.240. The molecule has 0 atom stereocenters. The third kappa shape index (κ3) is 6.48. The molecule has 2 N–H and O–H groups in total. The van der Waals surface area contributed by atoms with Gasteiger partial charge in [-0.05, 0) is 17.7 Å². The fourth-order valence-electron chi connectivity index (χ4n) is 2.03. The summed E-state index contributed by atoms with van der Waals surface area (Å²) in [4.78, 5) is 4.17. The minimum Gasteiger partial charge on any atom is -0.383 e. The number of rotatable bonds is 6. The lowest BCUT2D eigenvalue weighted by Crippen LogP contribution is -2.44. The van der Waals surface area contributed by atoms with Crippen molar-refractivity contribution >= 4 is 53.1 Å². The number of benzene rings is 1. The highest BCUT2D eigenvalue weighted by Gasteiger charge is 2.26. The molecular formula is C15H24Cl2IN3O. The van der Waals surface area contributed by atoms with Gasteiger partial charge in [0.15, 0.2) is 5.96 Å². The van der Waals surface area contributed by atoms with E-state index < -0.39 is 0 Å². The normalized spacial score (nSPS) is 11.8. The molecule has 0 bridgehead atoms. The summed E-state index contributed by atoms with van der Waals surface area (Å²) in [5.41, 5.74) is 0.710. The zero-order valence-electron chi connectivity index (χ0n) is 13.4. The van der Waals surface area contributed by atoms with Gasteiger partial charge >= 0.3 is 0 Å². The van der Waals surface area contributed by atoms with E-state index in [-0.39, 0.29) is 29.4 Å². The van der Waals surface area contributed by atoms with E-state index in [1.165, 1.54) is 0 Å². The molecule has 7 heteroatoms. The van der Waals surface area contributed by atoms with Crippen molar-refractivity contribution in [2.75, 3.05) is 33.9 Å². The summed E-state index contributed by atoms with van der Waals surface area (Å²) in [5.74, 6) is 0.725. The maximum atomic E-state index is 6.29. The van der Waals surface area contributed by atoms with Crippen molar-refractivity contribution in [2.45, 2.75) is 19.3 Å². The number of nitrogens with one attached hydrogen (secondary N) is 2. The Morgan fingerprint density at radius 2 is 1.82 bits per heavy atom. The van der Waals surface area contributed by atoms with Crippen molar-refractivity contribution in [1.82, 2.24) is 10.6 Å². The van der Waals surface area contributed by atoms with Crippen LogP contribution >= 0.6 is 47.2 Å². The minimum atomic E-state index is -0.228. The summed E-state index contributed by atoms with van der Waals surface area (Å²) in [7, 11) is 3.40. The predicted molar refractivity (Wildman–Crippen MR) is 106 cm³/mol. The summed E-state index contributed by atoms with van der Waals surface area (Å²) >= 11 is 12.6. The highest BCUT2D eigenvalue weighted by Crippen LogP contribution is 2.35. The molecule has 4 nitrogen and oxygen atoms in total. The number of nitrogens with zero attached hydrogens (tertiary/aromatic N) is 1. The Bertz CT molecular complexity index is 475. The molecule has 0 saturated carbocycles. The molecule has 0 aromatic heterocycles. The van der Waals surface area contributed by atoms with Crippen molar-refractivity contribution in [3.05, 3.63) is 33.8 Å². The zero-order chi connectivity index (χ0) is 15.9. The quantitative estimate of drug-likeness (QED) is 0.295. The summed E-state index contributed by atoms with van der Waals surface area (Å²) in [6.45, 7) is 6.16. The van der Waals surface area contributed by atoms with Crippen LogP contribution in [0.1, 0.15) is 19.4 Å². The zero-order valence-corrected chi connectivity index (χ0v) is 17.2. The van der Waals surface area contributed by atoms with Crippen LogP contribution in [-0.2, 0) is 10.2 Å². The van der Waals surface area contributed by atoms with Gasteiger partial charge in [-0.25, -0.2) is 0 Å². The Balaban J connectivity index is 0.00000441. The summed E-state index contributed by atoms with van der Waals surface area (Å²) in [5, 5.41) is 7.81. The van der Waals surface area contributed by atoms with Crippen LogP contribution in [0.5, 0.6) is 0 Å². The van der Waals surface area contributed by atoms with Crippen molar-refractivity contribution in [3.8, 4) is 0 Å². The van der Waals surface area contributed by atoms with Crippen molar-refractivity contribution < 1.29 is 4.74 Å². The van der Waals surface area contributed by atoms with E-state index in [0.717, 1.165) is 11.5 Å². The lowest BCUT2D eigenvalue weighted by molar-refractivity contribution is 0.203. The van der Waals surface area contributed by atoms with E-state index in [4.69, 9.17) is 27.9 Å². The summed E-state index contributed by atoms with van der Waals surface area (Å²) < 4.78 is 5.00. The number of hydrogen-bond donors (Lipinski definition) is 2. The smallest absolute Gasteiger partial charge is 0.191 e. The first-order valence-electron chi connectivity index (χ1n) is 6.80. The number of methoxy groups -OCH3 is 1. The highest BCUT2D eigenvalue weighted by atomic mass is 127. The Morgan fingerprint density at radius 3 is 2.32 bits per heavy atom. The Morgan fingerprint density at radius 1 is 1.23 bits per heavy atom. The van der Waals surface area contributed by atoms with Gasteiger partial charge < -0.3 is 15.4 Å². The number of hydrogen-bond acceptors (Lipinski definition) is 2. The molecule has 0 heterocycles. The van der Waals surface area contributed by atoms with Crippen LogP contribution in [0.15, 0.2) is 23.2 Å². The molecule has 0 saturated heterocycles. The van der Waals surface area contributed by atoms with Gasteiger partial charge in [0.2, 0.25) is 0 Å². The van der Waals surface area contributed by atoms with Crippen LogP contribution in [0.3, 0.4) is 0 Å². The second kappa shape index (κ2) is 10.5. The monoisotopic (exact) mass is 459 g/mol. The van der Waals surface area contributed by atoms with Gasteiger partial charge in [-0.3, -0.25) is 4.99 Å². The predicted octanol–water partition coefficient (Wildman–Crippen LogP) is 3.70. The van der Waals surface area contributed by atoms with Gasteiger partial charge in [0.05, 0.1) is 6.61 Å². The first kappa shape index (κ1) is 21.8. The Labute approximate surface area is 160 Å². The van der Waals surface area contributed by atoms with E-state index in [1.54, 1.807) is 14.2 Å². The van der Waals surface area contributed by atoms with Crippen LogP contribution in [0.25, 0.3) is 0 Å². The molecular weight excluding hydrogens is 436 g/mol. The molecule has 0 unspecified atom stereocenters. The highest BCUT2D eigenvalue weighted by molar-refractivity contribution is 14.0. The van der Waals surface area contributed by atoms with Gasteiger partial charge in [-0.1, -0.05) is 43.1 Å². The largest absolute Gasteiger partial charge is 0.383 e. The van der Waals surface area contributed by atoms with Crippen molar-refractivity contribution in [2.24, 2.45) is 4.99 Å². The van der Waals surface area contributed by atoms with Gasteiger partial charge in [-0.15, -0.1) is 24.0 Å². The van der Waals surface area contributed by atoms with Gasteiger partial charge in [-0.2, -0.15) is 0 Å². The molecule has 1 rings (SSSR count). The third-order valence-electron chi connectivity index (χ3n) is 3.16. The van der Waals surface area contributed by atoms with E-state index in [2.05, 4.69) is 29.5 Å². The molecule has 0 fully saturated rings. The molecule has 1 aromatic carbocycles. The SMILES string of the molecule is CN=C(NCCOC)NCC(C)(C)c1c(Cl)cccc1Cl.I. The van der Waals surface area contributed by atoms with Gasteiger partial charge in [0, 0.05) is 42.7 Å². The summed E-state index contributed by atoms with van der Waals surface area (Å²) in [6.07, 6.45) is 0. The first-order chi connectivity index (χ1) is 9.92. The maximum absolute atomic E-state index is 6.29.